The molecule has 2 aromatic rings. The standard InChI is InChI=1S/C26H33N3O4/c1-17-7-10-19(11-8-17)25(30)27-16-29-20-5-4-6-21(29)15-22(14-20)33-26(31)28-23-13-18(2)9-12-24(23)32-3/h7-13,20-22H,4-6,14-16H2,1-3H3,(H,27,30)(H,28,31). The fourth-order valence-corrected chi connectivity index (χ4v) is 4.96. The molecule has 7 nitrogen and oxygen atoms in total. The van der Waals surface area contributed by atoms with Crippen molar-refractivity contribution in [1.29, 1.82) is 0 Å². The third-order valence-corrected chi connectivity index (χ3v) is 6.68. The average Bonchev–Trinajstić information content (AvgIpc) is 2.78. The summed E-state index contributed by atoms with van der Waals surface area (Å²) in [5, 5.41) is 5.91. The molecule has 2 atom stereocenters. The van der Waals surface area contributed by atoms with Crippen molar-refractivity contribution in [2.45, 2.75) is 64.1 Å². The molecular weight excluding hydrogens is 418 g/mol. The van der Waals surface area contributed by atoms with E-state index in [1.54, 1.807) is 7.11 Å². The van der Waals surface area contributed by atoms with Crippen LogP contribution in [0.3, 0.4) is 0 Å². The van der Waals surface area contributed by atoms with Gasteiger partial charge in [0.25, 0.3) is 5.91 Å². The zero-order chi connectivity index (χ0) is 23.4. The van der Waals surface area contributed by atoms with E-state index in [0.29, 0.717) is 35.8 Å². The van der Waals surface area contributed by atoms with E-state index < -0.39 is 6.09 Å². The number of carbonyl (C=O) groups is 2. The number of rotatable bonds is 6. The smallest absolute Gasteiger partial charge is 0.412 e. The number of fused-ring (bicyclic) bond motifs is 2. The third kappa shape index (κ3) is 5.66. The van der Waals surface area contributed by atoms with E-state index in [9.17, 15) is 9.59 Å². The first kappa shape index (κ1) is 23.1. The van der Waals surface area contributed by atoms with Gasteiger partial charge in [-0.1, -0.05) is 30.2 Å². The lowest BCUT2D eigenvalue weighted by Gasteiger charge is -2.48. The maximum atomic E-state index is 12.6. The zero-order valence-electron chi connectivity index (χ0n) is 19.6. The molecule has 2 fully saturated rings. The number of aryl methyl sites for hydroxylation is 2. The van der Waals surface area contributed by atoms with Crippen molar-refractivity contribution < 1.29 is 19.1 Å². The van der Waals surface area contributed by atoms with Gasteiger partial charge in [-0.2, -0.15) is 0 Å². The molecule has 2 saturated heterocycles. The number of carbonyl (C=O) groups excluding carboxylic acids is 2. The fraction of sp³-hybridized carbons (Fsp3) is 0.462. The van der Waals surface area contributed by atoms with Crippen molar-refractivity contribution in [2.24, 2.45) is 0 Å². The van der Waals surface area contributed by atoms with Gasteiger partial charge < -0.3 is 14.8 Å². The van der Waals surface area contributed by atoms with Crippen LogP contribution in [0.25, 0.3) is 0 Å². The summed E-state index contributed by atoms with van der Waals surface area (Å²) < 4.78 is 11.1. The van der Waals surface area contributed by atoms with Gasteiger partial charge in [-0.25, -0.2) is 4.79 Å². The van der Waals surface area contributed by atoms with E-state index >= 15 is 0 Å². The monoisotopic (exact) mass is 451 g/mol. The van der Waals surface area contributed by atoms with Gasteiger partial charge in [0.05, 0.1) is 19.5 Å². The number of hydrogen-bond donors (Lipinski definition) is 2. The Bertz CT molecular complexity index is 978. The van der Waals surface area contributed by atoms with Crippen LogP contribution < -0.4 is 15.4 Å². The van der Waals surface area contributed by atoms with Gasteiger partial charge in [0, 0.05) is 30.5 Å². The van der Waals surface area contributed by atoms with Crippen LogP contribution in [0.5, 0.6) is 5.75 Å². The fourth-order valence-electron chi connectivity index (χ4n) is 4.96. The Balaban J connectivity index is 1.32. The third-order valence-electron chi connectivity index (χ3n) is 6.68. The molecule has 2 aliphatic rings. The van der Waals surface area contributed by atoms with Gasteiger partial charge >= 0.3 is 6.09 Å². The lowest BCUT2D eigenvalue weighted by atomic mass is 9.83. The molecule has 7 heteroatoms. The molecule has 0 radical (unpaired) electrons. The van der Waals surface area contributed by atoms with Crippen LogP contribution in [0, 0.1) is 13.8 Å². The maximum Gasteiger partial charge on any atom is 0.412 e. The minimum absolute atomic E-state index is 0.0575. The number of piperidine rings is 2. The topological polar surface area (TPSA) is 79.9 Å². The van der Waals surface area contributed by atoms with E-state index in [1.807, 2.05) is 56.3 Å². The Hall–Kier alpha value is -3.06. The normalized spacial score (nSPS) is 22.3. The van der Waals surface area contributed by atoms with E-state index in [4.69, 9.17) is 9.47 Å². The number of anilines is 1. The van der Waals surface area contributed by atoms with Crippen molar-refractivity contribution in [2.75, 3.05) is 19.1 Å². The van der Waals surface area contributed by atoms with E-state index in [-0.39, 0.29) is 12.0 Å². The van der Waals surface area contributed by atoms with Crippen molar-refractivity contribution in [3.8, 4) is 5.75 Å². The molecule has 2 amide bonds. The van der Waals surface area contributed by atoms with Gasteiger partial charge in [0.1, 0.15) is 11.9 Å². The first-order valence-electron chi connectivity index (χ1n) is 11.7. The summed E-state index contributed by atoms with van der Waals surface area (Å²) in [4.78, 5) is 27.5. The highest BCUT2D eigenvalue weighted by Gasteiger charge is 2.39. The van der Waals surface area contributed by atoms with Gasteiger partial charge in [0.15, 0.2) is 0 Å². The van der Waals surface area contributed by atoms with Gasteiger partial charge in [-0.05, 0) is 56.5 Å². The quantitative estimate of drug-likeness (QED) is 0.669. The van der Waals surface area contributed by atoms with Crippen LogP contribution in [-0.4, -0.2) is 48.9 Å². The van der Waals surface area contributed by atoms with Crippen LogP contribution in [0.1, 0.15) is 53.6 Å². The Morgan fingerprint density at radius 2 is 1.67 bits per heavy atom. The summed E-state index contributed by atoms with van der Waals surface area (Å²) in [6.45, 7) is 4.48. The van der Waals surface area contributed by atoms with Crippen LogP contribution >= 0.6 is 0 Å². The molecule has 2 unspecified atom stereocenters. The summed E-state index contributed by atoms with van der Waals surface area (Å²) >= 11 is 0. The summed E-state index contributed by atoms with van der Waals surface area (Å²) in [6, 6.07) is 13.8. The molecule has 2 heterocycles. The minimum atomic E-state index is -0.455. The van der Waals surface area contributed by atoms with Crippen molar-refractivity contribution in [3.05, 3.63) is 59.2 Å². The first-order chi connectivity index (χ1) is 15.9. The number of nitrogens with zero attached hydrogens (tertiary/aromatic N) is 1. The second kappa shape index (κ2) is 10.3. The van der Waals surface area contributed by atoms with E-state index in [2.05, 4.69) is 15.5 Å². The van der Waals surface area contributed by atoms with E-state index in [0.717, 1.165) is 43.2 Å². The average molecular weight is 452 g/mol. The number of ether oxygens (including phenoxy) is 2. The molecule has 0 aliphatic carbocycles. The van der Waals surface area contributed by atoms with Crippen molar-refractivity contribution >= 4 is 17.7 Å². The Morgan fingerprint density at radius 3 is 2.33 bits per heavy atom. The molecule has 0 aromatic heterocycles. The minimum Gasteiger partial charge on any atom is -0.495 e. The molecule has 2 aromatic carbocycles. The predicted octanol–water partition coefficient (Wildman–Crippen LogP) is 4.63. The van der Waals surface area contributed by atoms with E-state index in [1.165, 1.54) is 0 Å². The molecule has 4 rings (SSSR count). The summed E-state index contributed by atoms with van der Waals surface area (Å²) in [6.07, 6.45) is 4.21. The molecule has 176 valence electrons. The van der Waals surface area contributed by atoms with Crippen LogP contribution in [0.15, 0.2) is 42.5 Å². The lowest BCUT2D eigenvalue weighted by Crippen LogP contribution is -2.57. The molecule has 33 heavy (non-hydrogen) atoms. The SMILES string of the molecule is COc1ccc(C)cc1NC(=O)OC1CC2CCCC(C1)N2CNC(=O)c1ccc(C)cc1. The summed E-state index contributed by atoms with van der Waals surface area (Å²) in [7, 11) is 1.58. The zero-order valence-corrected chi connectivity index (χ0v) is 19.6. The summed E-state index contributed by atoms with van der Waals surface area (Å²) in [5.41, 5.74) is 3.45. The van der Waals surface area contributed by atoms with Gasteiger partial charge in [-0.3, -0.25) is 15.0 Å². The second-order valence-corrected chi connectivity index (χ2v) is 9.11. The summed E-state index contributed by atoms with van der Waals surface area (Å²) in [5.74, 6) is 0.548. The number of methoxy groups -OCH3 is 1. The lowest BCUT2D eigenvalue weighted by molar-refractivity contribution is -0.0328. The molecular formula is C26H33N3O4. The largest absolute Gasteiger partial charge is 0.495 e. The van der Waals surface area contributed by atoms with Crippen LogP contribution in [-0.2, 0) is 4.74 Å². The first-order valence-corrected chi connectivity index (χ1v) is 11.7. The van der Waals surface area contributed by atoms with Gasteiger partial charge in [-0.15, -0.1) is 0 Å². The Morgan fingerprint density at radius 1 is 1.00 bits per heavy atom. The van der Waals surface area contributed by atoms with Crippen LogP contribution in [0.4, 0.5) is 10.5 Å². The Kier molecular flexibility index (Phi) is 7.18. The highest BCUT2D eigenvalue weighted by atomic mass is 16.6. The maximum absolute atomic E-state index is 12.6. The molecule has 2 N–H and O–H groups in total. The number of amides is 2. The van der Waals surface area contributed by atoms with Gasteiger partial charge in [0.2, 0.25) is 0 Å². The molecule has 0 saturated carbocycles. The van der Waals surface area contributed by atoms with Crippen LogP contribution in [0.2, 0.25) is 0 Å². The Labute approximate surface area is 195 Å². The molecule has 2 bridgehead atoms. The second-order valence-electron chi connectivity index (χ2n) is 9.11. The highest BCUT2D eigenvalue weighted by Crippen LogP contribution is 2.35. The number of benzene rings is 2. The molecule has 0 spiro atoms. The van der Waals surface area contributed by atoms with Crippen molar-refractivity contribution in [3.63, 3.8) is 0 Å². The number of hydrogen-bond acceptors (Lipinski definition) is 5. The number of nitrogens with one attached hydrogen (secondary N) is 2. The van der Waals surface area contributed by atoms with Crippen molar-refractivity contribution in [1.82, 2.24) is 10.2 Å². The predicted molar refractivity (Wildman–Crippen MR) is 128 cm³/mol. The highest BCUT2D eigenvalue weighted by molar-refractivity contribution is 5.94. The molecule has 2 aliphatic heterocycles.